The van der Waals surface area contributed by atoms with Crippen molar-refractivity contribution in [2.45, 2.75) is 26.3 Å². The summed E-state index contributed by atoms with van der Waals surface area (Å²) < 4.78 is 0. The van der Waals surface area contributed by atoms with Crippen LogP contribution in [0.3, 0.4) is 0 Å². The minimum atomic E-state index is 0.360. The van der Waals surface area contributed by atoms with Gasteiger partial charge in [0.1, 0.15) is 0 Å². The van der Waals surface area contributed by atoms with Gasteiger partial charge in [-0.3, -0.25) is 0 Å². The largest absolute Gasteiger partial charge is 0.373 e. The van der Waals surface area contributed by atoms with Crippen LogP contribution in [0.2, 0.25) is 0 Å². The molecule has 13 heavy (non-hydrogen) atoms. The summed E-state index contributed by atoms with van der Waals surface area (Å²) in [5.74, 6) is 0. The standard InChI is InChI=1S/C11H15NS/c1-3-11(12-9(2)13)10-7-5-4-6-8-10/h4-8,11H,3H2,1-2H3,(H,12,13). The molecule has 1 unspecified atom stereocenters. The lowest BCUT2D eigenvalue weighted by atomic mass is 10.1. The Hall–Kier alpha value is -0.890. The highest BCUT2D eigenvalue weighted by molar-refractivity contribution is 7.80. The molecule has 0 aliphatic heterocycles. The summed E-state index contributed by atoms with van der Waals surface area (Å²) >= 11 is 5.03. The molecular weight excluding hydrogens is 178 g/mol. The molecule has 0 saturated carbocycles. The maximum absolute atomic E-state index is 5.03. The molecule has 70 valence electrons. The second kappa shape index (κ2) is 4.97. The lowest BCUT2D eigenvalue weighted by Gasteiger charge is -2.17. The molecule has 1 aromatic rings. The fourth-order valence-corrected chi connectivity index (χ4v) is 1.49. The molecule has 1 N–H and O–H groups in total. The zero-order chi connectivity index (χ0) is 9.68. The van der Waals surface area contributed by atoms with Gasteiger partial charge in [-0.05, 0) is 18.9 Å². The number of hydrogen-bond acceptors (Lipinski definition) is 1. The first-order valence-electron chi connectivity index (χ1n) is 4.56. The van der Waals surface area contributed by atoms with Gasteiger partial charge in [0.25, 0.3) is 0 Å². The van der Waals surface area contributed by atoms with Crippen molar-refractivity contribution in [1.29, 1.82) is 0 Å². The van der Waals surface area contributed by atoms with Gasteiger partial charge in [0.05, 0.1) is 11.0 Å². The van der Waals surface area contributed by atoms with E-state index in [0.29, 0.717) is 6.04 Å². The van der Waals surface area contributed by atoms with Crippen LogP contribution in [-0.2, 0) is 0 Å². The summed E-state index contributed by atoms with van der Waals surface area (Å²) in [6.45, 7) is 4.07. The minimum Gasteiger partial charge on any atom is -0.373 e. The van der Waals surface area contributed by atoms with E-state index in [2.05, 4.69) is 36.5 Å². The monoisotopic (exact) mass is 193 g/mol. The van der Waals surface area contributed by atoms with E-state index in [9.17, 15) is 0 Å². The topological polar surface area (TPSA) is 12.0 Å². The first-order chi connectivity index (χ1) is 6.24. The molecule has 0 fully saturated rings. The lowest BCUT2D eigenvalue weighted by molar-refractivity contribution is 0.628. The van der Waals surface area contributed by atoms with E-state index in [1.54, 1.807) is 0 Å². The van der Waals surface area contributed by atoms with Crippen LogP contribution in [0.1, 0.15) is 31.9 Å². The van der Waals surface area contributed by atoms with Crippen molar-refractivity contribution < 1.29 is 0 Å². The van der Waals surface area contributed by atoms with E-state index >= 15 is 0 Å². The molecule has 0 spiro atoms. The Balaban J connectivity index is 2.73. The van der Waals surface area contributed by atoms with Crippen LogP contribution in [-0.4, -0.2) is 4.99 Å². The van der Waals surface area contributed by atoms with Crippen molar-refractivity contribution in [3.63, 3.8) is 0 Å². The summed E-state index contributed by atoms with van der Waals surface area (Å²) in [4.78, 5) is 0.857. The molecular formula is C11H15NS. The second-order valence-electron chi connectivity index (χ2n) is 3.07. The third kappa shape index (κ3) is 3.15. The van der Waals surface area contributed by atoms with Crippen molar-refractivity contribution >= 4 is 17.2 Å². The van der Waals surface area contributed by atoms with Crippen LogP contribution in [0.4, 0.5) is 0 Å². The predicted octanol–water partition coefficient (Wildman–Crippen LogP) is 3.07. The Kier molecular flexibility index (Phi) is 3.90. The molecule has 0 aliphatic rings. The number of rotatable bonds is 3. The third-order valence-electron chi connectivity index (χ3n) is 1.99. The first-order valence-corrected chi connectivity index (χ1v) is 4.97. The van der Waals surface area contributed by atoms with Crippen LogP contribution in [0.15, 0.2) is 30.3 Å². The van der Waals surface area contributed by atoms with Gasteiger partial charge in [0, 0.05) is 0 Å². The third-order valence-corrected chi connectivity index (χ3v) is 2.11. The van der Waals surface area contributed by atoms with E-state index < -0.39 is 0 Å². The van der Waals surface area contributed by atoms with E-state index in [0.717, 1.165) is 11.4 Å². The average Bonchev–Trinajstić information content (AvgIpc) is 2.15. The molecule has 0 amide bonds. The van der Waals surface area contributed by atoms with Crippen molar-refractivity contribution in [2.24, 2.45) is 0 Å². The van der Waals surface area contributed by atoms with Crippen molar-refractivity contribution in [3.8, 4) is 0 Å². The Morgan fingerprint density at radius 3 is 2.46 bits per heavy atom. The Labute approximate surface area is 85.2 Å². The van der Waals surface area contributed by atoms with E-state index in [4.69, 9.17) is 12.2 Å². The van der Waals surface area contributed by atoms with Crippen molar-refractivity contribution in [3.05, 3.63) is 35.9 Å². The summed E-state index contributed by atoms with van der Waals surface area (Å²) in [6.07, 6.45) is 1.05. The molecule has 0 saturated heterocycles. The summed E-state index contributed by atoms with van der Waals surface area (Å²) in [7, 11) is 0. The molecule has 0 aliphatic carbocycles. The molecule has 0 bridgehead atoms. The zero-order valence-corrected chi connectivity index (χ0v) is 8.90. The fourth-order valence-electron chi connectivity index (χ4n) is 1.35. The zero-order valence-electron chi connectivity index (χ0n) is 8.08. The Bertz CT molecular complexity index is 269. The average molecular weight is 193 g/mol. The number of nitrogens with one attached hydrogen (secondary N) is 1. The number of thiocarbonyl (C=S) groups is 1. The van der Waals surface area contributed by atoms with Crippen molar-refractivity contribution in [2.75, 3.05) is 0 Å². The van der Waals surface area contributed by atoms with Crippen molar-refractivity contribution in [1.82, 2.24) is 5.32 Å². The summed E-state index contributed by atoms with van der Waals surface area (Å²) in [6, 6.07) is 10.7. The van der Waals surface area contributed by atoms with E-state index in [1.165, 1.54) is 5.56 Å². The van der Waals surface area contributed by atoms with Crippen LogP contribution in [0, 0.1) is 0 Å². The van der Waals surface area contributed by atoms with Crippen LogP contribution in [0.25, 0.3) is 0 Å². The number of benzene rings is 1. The van der Waals surface area contributed by atoms with Crippen LogP contribution in [0.5, 0.6) is 0 Å². The van der Waals surface area contributed by atoms with Gasteiger partial charge < -0.3 is 5.32 Å². The summed E-state index contributed by atoms with van der Waals surface area (Å²) in [5.41, 5.74) is 1.30. The Morgan fingerprint density at radius 1 is 1.38 bits per heavy atom. The predicted molar refractivity (Wildman–Crippen MR) is 60.9 cm³/mol. The molecule has 1 atom stereocenters. The minimum absolute atomic E-state index is 0.360. The van der Waals surface area contributed by atoms with Gasteiger partial charge in [-0.1, -0.05) is 49.5 Å². The van der Waals surface area contributed by atoms with Gasteiger partial charge in [-0.15, -0.1) is 0 Å². The molecule has 1 nitrogen and oxygen atoms in total. The molecule has 0 heterocycles. The van der Waals surface area contributed by atoms with Gasteiger partial charge in [-0.2, -0.15) is 0 Å². The number of hydrogen-bond donors (Lipinski definition) is 1. The van der Waals surface area contributed by atoms with Gasteiger partial charge in [0.15, 0.2) is 0 Å². The van der Waals surface area contributed by atoms with E-state index in [-0.39, 0.29) is 0 Å². The maximum atomic E-state index is 5.03. The van der Waals surface area contributed by atoms with Gasteiger partial charge in [0.2, 0.25) is 0 Å². The quantitative estimate of drug-likeness (QED) is 0.740. The molecule has 1 rings (SSSR count). The lowest BCUT2D eigenvalue weighted by Crippen LogP contribution is -2.23. The van der Waals surface area contributed by atoms with E-state index in [1.807, 2.05) is 13.0 Å². The van der Waals surface area contributed by atoms with Crippen LogP contribution < -0.4 is 5.32 Å². The van der Waals surface area contributed by atoms with Crippen LogP contribution >= 0.6 is 12.2 Å². The highest BCUT2D eigenvalue weighted by atomic mass is 32.1. The normalized spacial score (nSPS) is 12.2. The first kappa shape index (κ1) is 10.2. The molecule has 2 heteroatoms. The maximum Gasteiger partial charge on any atom is 0.0726 e. The SMILES string of the molecule is CCC(NC(C)=S)c1ccccc1. The smallest absolute Gasteiger partial charge is 0.0726 e. The molecule has 0 aromatic heterocycles. The molecule has 1 aromatic carbocycles. The van der Waals surface area contributed by atoms with Gasteiger partial charge >= 0.3 is 0 Å². The Morgan fingerprint density at radius 2 is 2.00 bits per heavy atom. The second-order valence-corrected chi connectivity index (χ2v) is 3.68. The summed E-state index contributed by atoms with van der Waals surface area (Å²) in [5, 5.41) is 3.28. The fraction of sp³-hybridized carbons (Fsp3) is 0.364. The highest BCUT2D eigenvalue weighted by Crippen LogP contribution is 2.15. The highest BCUT2D eigenvalue weighted by Gasteiger charge is 2.06. The van der Waals surface area contributed by atoms with Gasteiger partial charge in [-0.25, -0.2) is 0 Å². The molecule has 0 radical (unpaired) electrons.